The molecule has 1 aromatic carbocycles. The summed E-state index contributed by atoms with van der Waals surface area (Å²) >= 11 is 0. The molecule has 1 amide bonds. The fourth-order valence-electron chi connectivity index (χ4n) is 2.95. The normalized spacial score (nSPS) is 21.6. The van der Waals surface area contributed by atoms with Crippen LogP contribution in [0.25, 0.3) is 0 Å². The smallest absolute Gasteiger partial charge is 0.223 e. The van der Waals surface area contributed by atoms with Crippen molar-refractivity contribution in [3.05, 3.63) is 29.8 Å². The predicted molar refractivity (Wildman–Crippen MR) is 89.0 cm³/mol. The maximum absolute atomic E-state index is 12.0. The molecule has 4 nitrogen and oxygen atoms in total. The lowest BCUT2D eigenvalue weighted by Crippen LogP contribution is -2.33. The molecule has 2 unspecified atom stereocenters. The minimum absolute atomic E-state index is 0.0415. The van der Waals surface area contributed by atoms with Crippen molar-refractivity contribution in [2.45, 2.75) is 51.5 Å². The van der Waals surface area contributed by atoms with Crippen LogP contribution in [0.3, 0.4) is 0 Å². The number of amides is 1. The van der Waals surface area contributed by atoms with E-state index in [0.29, 0.717) is 13.2 Å². The van der Waals surface area contributed by atoms with Crippen molar-refractivity contribution in [1.29, 1.82) is 0 Å². The number of para-hydroxylation sites is 1. The zero-order valence-corrected chi connectivity index (χ0v) is 13.9. The van der Waals surface area contributed by atoms with Gasteiger partial charge < -0.3 is 15.8 Å². The first kappa shape index (κ1) is 16.8. The molecule has 22 heavy (non-hydrogen) atoms. The summed E-state index contributed by atoms with van der Waals surface area (Å²) in [4.78, 5) is 12.0. The van der Waals surface area contributed by atoms with Gasteiger partial charge in [-0.2, -0.15) is 0 Å². The summed E-state index contributed by atoms with van der Waals surface area (Å²) in [7, 11) is 0. The highest BCUT2D eigenvalue weighted by atomic mass is 16.5. The number of nitrogens with one attached hydrogen (secondary N) is 1. The first-order chi connectivity index (χ1) is 10.4. The lowest BCUT2D eigenvalue weighted by Gasteiger charge is -2.22. The first-order valence-electron chi connectivity index (χ1n) is 8.13. The first-order valence-corrected chi connectivity index (χ1v) is 8.13. The van der Waals surface area contributed by atoms with E-state index in [4.69, 9.17) is 10.5 Å². The van der Waals surface area contributed by atoms with Gasteiger partial charge in [0, 0.05) is 12.0 Å². The van der Waals surface area contributed by atoms with Crippen molar-refractivity contribution in [3.63, 3.8) is 0 Å². The minimum Gasteiger partial charge on any atom is -0.491 e. The number of carbonyl (C=O) groups excluding carboxylic acids is 1. The second kappa shape index (κ2) is 7.14. The molecule has 1 aliphatic rings. The van der Waals surface area contributed by atoms with Crippen molar-refractivity contribution < 1.29 is 9.53 Å². The molecule has 0 saturated heterocycles. The van der Waals surface area contributed by atoms with Crippen LogP contribution < -0.4 is 15.8 Å². The summed E-state index contributed by atoms with van der Waals surface area (Å²) in [6.07, 6.45) is 2.66. The second-order valence-corrected chi connectivity index (χ2v) is 7.16. The lowest BCUT2D eigenvalue weighted by atomic mass is 9.86. The van der Waals surface area contributed by atoms with Crippen LogP contribution >= 0.6 is 0 Å². The predicted octanol–water partition coefficient (Wildman–Crippen LogP) is 2.61. The number of rotatable bonds is 5. The van der Waals surface area contributed by atoms with Gasteiger partial charge in [-0.05, 0) is 36.3 Å². The largest absolute Gasteiger partial charge is 0.491 e. The molecule has 0 radical (unpaired) electrons. The molecule has 0 aromatic heterocycles. The summed E-state index contributed by atoms with van der Waals surface area (Å²) < 4.78 is 5.86. The summed E-state index contributed by atoms with van der Waals surface area (Å²) in [6.45, 7) is 7.52. The molecule has 4 heteroatoms. The number of hydrogen-bond donors (Lipinski definition) is 2. The van der Waals surface area contributed by atoms with E-state index >= 15 is 0 Å². The van der Waals surface area contributed by atoms with Gasteiger partial charge in [-0.25, -0.2) is 0 Å². The fourth-order valence-corrected chi connectivity index (χ4v) is 2.95. The Hall–Kier alpha value is -1.55. The van der Waals surface area contributed by atoms with E-state index in [1.54, 1.807) is 0 Å². The Bertz CT molecular complexity index is 508. The van der Waals surface area contributed by atoms with E-state index in [-0.39, 0.29) is 23.3 Å². The lowest BCUT2D eigenvalue weighted by molar-refractivity contribution is -0.124. The Morgan fingerprint density at radius 2 is 2.05 bits per heavy atom. The van der Waals surface area contributed by atoms with E-state index in [2.05, 4.69) is 32.2 Å². The summed E-state index contributed by atoms with van der Waals surface area (Å²) in [5.41, 5.74) is 7.07. The topological polar surface area (TPSA) is 64.3 Å². The van der Waals surface area contributed by atoms with Gasteiger partial charge in [0.25, 0.3) is 0 Å². The molecule has 122 valence electrons. The third kappa shape index (κ3) is 4.47. The number of carbonyl (C=O) groups is 1. The number of benzene rings is 1. The van der Waals surface area contributed by atoms with E-state index in [0.717, 1.165) is 25.0 Å². The van der Waals surface area contributed by atoms with Crippen LogP contribution in [-0.4, -0.2) is 25.1 Å². The SMILES string of the molecule is CC(C)(C)c1ccccc1OCCNC(=O)C1CCC(N)C1. The fraction of sp³-hybridized carbons (Fsp3) is 0.611. The summed E-state index contributed by atoms with van der Waals surface area (Å²) in [5, 5.41) is 2.95. The standard InChI is InChI=1S/C18H28N2O2/c1-18(2,3)15-6-4-5-7-16(15)22-11-10-20-17(21)13-8-9-14(19)12-13/h4-7,13-14H,8-12,19H2,1-3H3,(H,20,21). The zero-order chi connectivity index (χ0) is 16.2. The molecule has 1 fully saturated rings. The molecule has 0 aliphatic heterocycles. The second-order valence-electron chi connectivity index (χ2n) is 7.16. The number of ether oxygens (including phenoxy) is 1. The monoisotopic (exact) mass is 304 g/mol. The third-order valence-corrected chi connectivity index (χ3v) is 4.20. The van der Waals surface area contributed by atoms with Gasteiger partial charge in [-0.1, -0.05) is 39.0 Å². The van der Waals surface area contributed by atoms with Crippen LogP contribution in [0.1, 0.15) is 45.6 Å². The highest BCUT2D eigenvalue weighted by molar-refractivity contribution is 5.78. The molecule has 0 spiro atoms. The van der Waals surface area contributed by atoms with Crippen LogP contribution in [0, 0.1) is 5.92 Å². The van der Waals surface area contributed by atoms with Crippen molar-refractivity contribution >= 4 is 5.91 Å². The number of nitrogens with two attached hydrogens (primary N) is 1. The van der Waals surface area contributed by atoms with Crippen LogP contribution in [0.5, 0.6) is 5.75 Å². The molecule has 2 atom stereocenters. The van der Waals surface area contributed by atoms with Crippen molar-refractivity contribution in [1.82, 2.24) is 5.32 Å². The Morgan fingerprint density at radius 3 is 2.68 bits per heavy atom. The van der Waals surface area contributed by atoms with E-state index < -0.39 is 0 Å². The maximum Gasteiger partial charge on any atom is 0.223 e. The average Bonchev–Trinajstić information content (AvgIpc) is 2.89. The van der Waals surface area contributed by atoms with Gasteiger partial charge in [0.05, 0.1) is 6.54 Å². The Balaban J connectivity index is 1.79. The molecular weight excluding hydrogens is 276 g/mol. The quantitative estimate of drug-likeness (QED) is 0.822. The van der Waals surface area contributed by atoms with Crippen LogP contribution in [0.15, 0.2) is 24.3 Å². The van der Waals surface area contributed by atoms with Gasteiger partial charge in [-0.3, -0.25) is 4.79 Å². The number of hydrogen-bond acceptors (Lipinski definition) is 3. The van der Waals surface area contributed by atoms with Crippen LogP contribution in [0.4, 0.5) is 0 Å². The molecule has 3 N–H and O–H groups in total. The van der Waals surface area contributed by atoms with Crippen molar-refractivity contribution in [3.8, 4) is 5.75 Å². The Morgan fingerprint density at radius 1 is 1.32 bits per heavy atom. The average molecular weight is 304 g/mol. The van der Waals surface area contributed by atoms with Gasteiger partial charge >= 0.3 is 0 Å². The molecule has 1 saturated carbocycles. The third-order valence-electron chi connectivity index (χ3n) is 4.20. The Labute approximate surface area is 133 Å². The van der Waals surface area contributed by atoms with Gasteiger partial charge in [0.2, 0.25) is 5.91 Å². The van der Waals surface area contributed by atoms with Crippen molar-refractivity contribution in [2.24, 2.45) is 11.7 Å². The molecule has 1 aliphatic carbocycles. The van der Waals surface area contributed by atoms with E-state index in [1.165, 1.54) is 5.56 Å². The molecule has 0 heterocycles. The maximum atomic E-state index is 12.0. The molecular formula is C18H28N2O2. The highest BCUT2D eigenvalue weighted by Crippen LogP contribution is 2.30. The summed E-state index contributed by atoms with van der Waals surface area (Å²) in [5.74, 6) is 1.09. The zero-order valence-electron chi connectivity index (χ0n) is 13.9. The van der Waals surface area contributed by atoms with Crippen molar-refractivity contribution in [2.75, 3.05) is 13.2 Å². The van der Waals surface area contributed by atoms with E-state index in [9.17, 15) is 4.79 Å². The van der Waals surface area contributed by atoms with Gasteiger partial charge in [0.1, 0.15) is 12.4 Å². The summed E-state index contributed by atoms with van der Waals surface area (Å²) in [6, 6.07) is 8.26. The van der Waals surface area contributed by atoms with Crippen LogP contribution in [-0.2, 0) is 10.2 Å². The van der Waals surface area contributed by atoms with Crippen LogP contribution in [0.2, 0.25) is 0 Å². The highest BCUT2D eigenvalue weighted by Gasteiger charge is 2.27. The molecule has 2 rings (SSSR count). The van der Waals surface area contributed by atoms with E-state index in [1.807, 2.05) is 18.2 Å². The minimum atomic E-state index is 0.0415. The molecule has 0 bridgehead atoms. The molecule has 1 aromatic rings. The van der Waals surface area contributed by atoms with Gasteiger partial charge in [-0.15, -0.1) is 0 Å². The van der Waals surface area contributed by atoms with Gasteiger partial charge in [0.15, 0.2) is 0 Å². The Kier molecular flexibility index (Phi) is 5.46.